The van der Waals surface area contributed by atoms with E-state index in [0.29, 0.717) is 11.7 Å². The Balaban J connectivity index is 1.81. The molecule has 0 saturated carbocycles. The molecule has 1 aliphatic heterocycles. The van der Waals surface area contributed by atoms with Gasteiger partial charge < -0.3 is 4.90 Å². The van der Waals surface area contributed by atoms with E-state index in [0.717, 1.165) is 38.0 Å². The number of hydrogen-bond acceptors (Lipinski definition) is 2. The van der Waals surface area contributed by atoms with Gasteiger partial charge in [-0.2, -0.15) is 0 Å². The fraction of sp³-hybridized carbons (Fsp3) is 0.476. The summed E-state index contributed by atoms with van der Waals surface area (Å²) < 4.78 is 0. The highest BCUT2D eigenvalue weighted by atomic mass is 16.1. The molecule has 3 rings (SSSR count). The molecule has 0 radical (unpaired) electrons. The number of hydrogen-bond donors (Lipinski definition) is 0. The molecule has 1 aliphatic rings. The second-order valence-corrected chi connectivity index (χ2v) is 7.37. The Morgan fingerprint density at radius 2 is 2.09 bits per heavy atom. The molecule has 2 aromatic rings. The van der Waals surface area contributed by atoms with Crippen LogP contribution in [0.5, 0.6) is 0 Å². The number of carbonyl (C=O) groups excluding carboxylic acids is 1. The fourth-order valence-corrected chi connectivity index (χ4v) is 3.77. The third-order valence-corrected chi connectivity index (χ3v) is 4.88. The van der Waals surface area contributed by atoms with Gasteiger partial charge in [0.1, 0.15) is 0 Å². The molecule has 0 amide bonds. The summed E-state index contributed by atoms with van der Waals surface area (Å²) in [7, 11) is 0. The molecule has 2 heteroatoms. The highest BCUT2D eigenvalue weighted by molar-refractivity contribution is 6.02. The van der Waals surface area contributed by atoms with Gasteiger partial charge in [-0.3, -0.25) is 4.79 Å². The van der Waals surface area contributed by atoms with E-state index in [2.05, 4.69) is 56.0 Å². The van der Waals surface area contributed by atoms with Crippen molar-refractivity contribution in [3.05, 3.63) is 47.5 Å². The summed E-state index contributed by atoms with van der Waals surface area (Å²) in [5.74, 6) is 1.14. The Morgan fingerprint density at radius 1 is 1.26 bits per heavy atom. The lowest BCUT2D eigenvalue weighted by atomic mass is 9.88. The molecule has 0 aromatic heterocycles. The molecule has 23 heavy (non-hydrogen) atoms. The van der Waals surface area contributed by atoms with Crippen molar-refractivity contribution in [1.29, 1.82) is 0 Å². The van der Waals surface area contributed by atoms with Gasteiger partial charge in [-0.05, 0) is 54.6 Å². The van der Waals surface area contributed by atoms with Crippen LogP contribution in [0.1, 0.15) is 42.6 Å². The minimum atomic E-state index is 0.156. The van der Waals surface area contributed by atoms with Crippen molar-refractivity contribution < 1.29 is 4.79 Å². The maximum Gasteiger partial charge on any atom is 0.167 e. The predicted molar refractivity (Wildman–Crippen MR) is 97.0 cm³/mol. The minimum Gasteiger partial charge on any atom is -0.302 e. The molecule has 0 aliphatic carbocycles. The van der Waals surface area contributed by atoms with E-state index in [1.165, 1.54) is 16.3 Å². The molecular formula is C21H27NO. The van der Waals surface area contributed by atoms with Gasteiger partial charge in [-0.25, -0.2) is 0 Å². The van der Waals surface area contributed by atoms with Crippen molar-refractivity contribution in [3.63, 3.8) is 0 Å². The van der Waals surface area contributed by atoms with Crippen LogP contribution in [0.2, 0.25) is 0 Å². The van der Waals surface area contributed by atoms with Crippen LogP contribution in [0.15, 0.2) is 36.4 Å². The molecule has 1 fully saturated rings. The lowest BCUT2D eigenvalue weighted by Crippen LogP contribution is -2.40. The molecule has 1 unspecified atom stereocenters. The Labute approximate surface area is 139 Å². The standard InChI is InChI=1S/C21H27NO/c1-15(2)13-22-11-5-8-19(14-22)21(23)18-10-9-17-7-4-6-16(3)20(17)12-18/h4,6-7,9-10,12,15,19H,5,8,11,13-14H2,1-3H3. The van der Waals surface area contributed by atoms with Crippen LogP contribution < -0.4 is 0 Å². The number of carbonyl (C=O) groups is 1. The van der Waals surface area contributed by atoms with Crippen molar-refractivity contribution in [2.75, 3.05) is 19.6 Å². The first-order valence-electron chi connectivity index (χ1n) is 8.80. The van der Waals surface area contributed by atoms with Gasteiger partial charge in [0.05, 0.1) is 0 Å². The lowest BCUT2D eigenvalue weighted by Gasteiger charge is -2.33. The zero-order valence-corrected chi connectivity index (χ0v) is 14.5. The lowest BCUT2D eigenvalue weighted by molar-refractivity contribution is 0.0806. The fourth-order valence-electron chi connectivity index (χ4n) is 3.77. The average Bonchev–Trinajstić information content (AvgIpc) is 2.54. The van der Waals surface area contributed by atoms with E-state index >= 15 is 0 Å². The first kappa shape index (κ1) is 16.2. The van der Waals surface area contributed by atoms with Crippen LogP contribution in [0.3, 0.4) is 0 Å². The van der Waals surface area contributed by atoms with Gasteiger partial charge in [0, 0.05) is 24.6 Å². The van der Waals surface area contributed by atoms with E-state index < -0.39 is 0 Å². The van der Waals surface area contributed by atoms with Gasteiger partial charge in [0.25, 0.3) is 0 Å². The summed E-state index contributed by atoms with van der Waals surface area (Å²) >= 11 is 0. The van der Waals surface area contributed by atoms with E-state index in [1.807, 2.05) is 6.07 Å². The maximum absolute atomic E-state index is 13.0. The summed E-state index contributed by atoms with van der Waals surface area (Å²) in [4.78, 5) is 15.4. The zero-order chi connectivity index (χ0) is 16.4. The molecule has 2 aromatic carbocycles. The van der Waals surface area contributed by atoms with E-state index in [4.69, 9.17) is 0 Å². The number of likely N-dealkylation sites (tertiary alicyclic amines) is 1. The Morgan fingerprint density at radius 3 is 2.87 bits per heavy atom. The highest BCUT2D eigenvalue weighted by Gasteiger charge is 2.26. The van der Waals surface area contributed by atoms with Crippen molar-refractivity contribution in [1.82, 2.24) is 4.90 Å². The molecule has 0 bridgehead atoms. The van der Waals surface area contributed by atoms with Gasteiger partial charge in [-0.15, -0.1) is 0 Å². The largest absolute Gasteiger partial charge is 0.302 e. The maximum atomic E-state index is 13.0. The van der Waals surface area contributed by atoms with Crippen LogP contribution in [-0.4, -0.2) is 30.3 Å². The van der Waals surface area contributed by atoms with Gasteiger partial charge >= 0.3 is 0 Å². The SMILES string of the molecule is Cc1cccc2ccc(C(=O)C3CCCN(CC(C)C)C3)cc12. The minimum absolute atomic E-state index is 0.156. The Hall–Kier alpha value is -1.67. The summed E-state index contributed by atoms with van der Waals surface area (Å²) in [6.07, 6.45) is 2.16. The number of rotatable bonds is 4. The van der Waals surface area contributed by atoms with Crippen LogP contribution in [-0.2, 0) is 0 Å². The smallest absolute Gasteiger partial charge is 0.167 e. The van der Waals surface area contributed by atoms with Crippen LogP contribution in [0, 0.1) is 18.8 Å². The molecule has 122 valence electrons. The predicted octanol–water partition coefficient (Wildman–Crippen LogP) is 4.70. The van der Waals surface area contributed by atoms with E-state index in [1.54, 1.807) is 0 Å². The Kier molecular flexibility index (Phi) is 4.82. The first-order valence-corrected chi connectivity index (χ1v) is 8.80. The van der Waals surface area contributed by atoms with Crippen molar-refractivity contribution in [2.24, 2.45) is 11.8 Å². The van der Waals surface area contributed by atoms with E-state index in [9.17, 15) is 4.79 Å². The zero-order valence-electron chi connectivity index (χ0n) is 14.5. The topological polar surface area (TPSA) is 20.3 Å². The summed E-state index contributed by atoms with van der Waals surface area (Å²) in [5.41, 5.74) is 2.12. The number of Topliss-reactive ketones (excluding diaryl/α,β-unsaturated/α-hetero) is 1. The number of benzene rings is 2. The second-order valence-electron chi connectivity index (χ2n) is 7.37. The molecule has 1 heterocycles. The number of piperidine rings is 1. The summed E-state index contributed by atoms with van der Waals surface area (Å²) in [6, 6.07) is 12.5. The van der Waals surface area contributed by atoms with Crippen LogP contribution in [0.25, 0.3) is 10.8 Å². The van der Waals surface area contributed by atoms with E-state index in [-0.39, 0.29) is 5.92 Å². The monoisotopic (exact) mass is 309 g/mol. The molecule has 2 nitrogen and oxygen atoms in total. The van der Waals surface area contributed by atoms with Gasteiger partial charge in [0.15, 0.2) is 5.78 Å². The third-order valence-electron chi connectivity index (χ3n) is 4.88. The van der Waals surface area contributed by atoms with Crippen LogP contribution in [0.4, 0.5) is 0 Å². The van der Waals surface area contributed by atoms with Crippen molar-refractivity contribution in [2.45, 2.75) is 33.6 Å². The number of fused-ring (bicyclic) bond motifs is 1. The molecule has 0 N–H and O–H groups in total. The number of aryl methyl sites for hydroxylation is 1. The molecule has 0 spiro atoms. The number of ketones is 1. The quantitative estimate of drug-likeness (QED) is 0.763. The molecule has 1 saturated heterocycles. The summed E-state index contributed by atoms with van der Waals surface area (Å²) in [5, 5.41) is 2.42. The molecular weight excluding hydrogens is 282 g/mol. The highest BCUT2D eigenvalue weighted by Crippen LogP contribution is 2.25. The third kappa shape index (κ3) is 3.64. The van der Waals surface area contributed by atoms with Gasteiger partial charge in [-0.1, -0.05) is 44.2 Å². The summed E-state index contributed by atoms with van der Waals surface area (Å²) in [6.45, 7) is 9.76. The molecule has 1 atom stereocenters. The van der Waals surface area contributed by atoms with Crippen LogP contribution >= 0.6 is 0 Å². The second kappa shape index (κ2) is 6.84. The van der Waals surface area contributed by atoms with Gasteiger partial charge in [0.2, 0.25) is 0 Å². The normalized spacial score (nSPS) is 19.4. The van der Waals surface area contributed by atoms with Crippen molar-refractivity contribution in [3.8, 4) is 0 Å². The number of nitrogens with zero attached hydrogens (tertiary/aromatic N) is 1. The average molecular weight is 309 g/mol. The Bertz CT molecular complexity index is 704. The van der Waals surface area contributed by atoms with Crippen molar-refractivity contribution >= 4 is 16.6 Å². The first-order chi connectivity index (χ1) is 11.0.